The zero-order valence-corrected chi connectivity index (χ0v) is 23.2. The molecule has 0 bridgehead atoms. The second kappa shape index (κ2) is 15.5. The maximum Gasteiger partial charge on any atom is 0.311 e. The number of phenolic OH excluding ortho intramolecular Hbond substituents is 1. The van der Waals surface area contributed by atoms with Gasteiger partial charge in [-0.05, 0) is 36.2 Å². The smallest absolute Gasteiger partial charge is 0.311 e. The first-order valence-electron chi connectivity index (χ1n) is 13.3. The summed E-state index contributed by atoms with van der Waals surface area (Å²) in [6, 6.07) is 8.81. The van der Waals surface area contributed by atoms with Gasteiger partial charge in [-0.15, -0.1) is 0 Å². The summed E-state index contributed by atoms with van der Waals surface area (Å²) in [5.74, 6) is 1.15. The maximum atomic E-state index is 11.3. The first-order chi connectivity index (χ1) is 17.5. The van der Waals surface area contributed by atoms with E-state index in [9.17, 15) is 15.2 Å². The van der Waals surface area contributed by atoms with Crippen LogP contribution < -0.4 is 21.9 Å². The molecule has 1 aliphatic heterocycles. The normalized spacial score (nSPS) is 12.6. The molecule has 0 saturated heterocycles. The van der Waals surface area contributed by atoms with E-state index in [0.717, 1.165) is 37.1 Å². The van der Waals surface area contributed by atoms with E-state index in [0.29, 0.717) is 12.3 Å². The lowest BCUT2D eigenvalue weighted by Gasteiger charge is -2.21. The number of nitro groups is 1. The molecule has 37 heavy (non-hydrogen) atoms. The van der Waals surface area contributed by atoms with Crippen molar-refractivity contribution in [1.82, 2.24) is 0 Å². The molecule has 0 amide bonds. The highest BCUT2D eigenvalue weighted by molar-refractivity contribution is 5.99. The minimum Gasteiger partial charge on any atom is -1.00 e. The number of rotatable bonds is 15. The van der Waals surface area contributed by atoms with Crippen molar-refractivity contribution in [1.29, 1.82) is 0 Å². The fraction of sp³-hybridized carbons (Fsp3) is 0.552. The van der Waals surface area contributed by atoms with E-state index in [1.165, 1.54) is 80.3 Å². The van der Waals surface area contributed by atoms with Crippen LogP contribution in [0.15, 0.2) is 30.3 Å². The standard InChI is InChI=1S/C29H40N2O5.ClH/c1-4-5-6-7-8-9-10-11-12-13-25-24-20-29(36-3)28(35-2)19-23(24)16-17-30(25)21-22-14-15-27(32)26(18-22)31(33)34;/h14-15,18-20H,4-13,16-17,21H2,1-3H3;1H. The SMILES string of the molecule is CCCCCCCCCCCC1=[N+](Cc2ccc(O)c([N+](=O)[O-])c2)CCc2cc(OC)c(OC)cc21.[Cl-]. The molecule has 1 aliphatic rings. The number of unbranched alkanes of at least 4 members (excludes halogenated alkanes) is 8. The summed E-state index contributed by atoms with van der Waals surface area (Å²) >= 11 is 0. The van der Waals surface area contributed by atoms with Crippen molar-refractivity contribution in [2.24, 2.45) is 0 Å². The third-order valence-electron chi connectivity index (χ3n) is 7.08. The van der Waals surface area contributed by atoms with Crippen LogP contribution in [0, 0.1) is 10.1 Å². The highest BCUT2D eigenvalue weighted by Crippen LogP contribution is 2.34. The Bertz CT molecular complexity index is 1070. The van der Waals surface area contributed by atoms with Crippen LogP contribution in [0.2, 0.25) is 0 Å². The first-order valence-corrected chi connectivity index (χ1v) is 13.3. The number of fused-ring (bicyclic) bond motifs is 1. The largest absolute Gasteiger partial charge is 1.00 e. The first kappa shape index (κ1) is 30.4. The molecular weight excluding hydrogens is 492 g/mol. The number of nitrogens with zero attached hydrogens (tertiary/aromatic N) is 2. The quantitative estimate of drug-likeness (QED) is 0.163. The highest BCUT2D eigenvalue weighted by Gasteiger charge is 2.28. The molecule has 0 fully saturated rings. The third-order valence-corrected chi connectivity index (χ3v) is 7.08. The van der Waals surface area contributed by atoms with E-state index in [1.807, 2.05) is 0 Å². The predicted octanol–water partition coefficient (Wildman–Crippen LogP) is 3.80. The van der Waals surface area contributed by atoms with Gasteiger partial charge in [0.25, 0.3) is 0 Å². The zero-order chi connectivity index (χ0) is 25.9. The lowest BCUT2D eigenvalue weighted by Crippen LogP contribution is -3.00. The van der Waals surface area contributed by atoms with Crippen molar-refractivity contribution >= 4 is 11.4 Å². The summed E-state index contributed by atoms with van der Waals surface area (Å²) in [5.41, 5.74) is 4.22. The van der Waals surface area contributed by atoms with Crippen LogP contribution in [0.5, 0.6) is 17.2 Å². The Morgan fingerprint density at radius 2 is 1.57 bits per heavy atom. The van der Waals surface area contributed by atoms with Crippen molar-refractivity contribution in [3.63, 3.8) is 0 Å². The summed E-state index contributed by atoms with van der Waals surface area (Å²) in [5, 5.41) is 21.2. The van der Waals surface area contributed by atoms with E-state index in [2.05, 4.69) is 23.6 Å². The van der Waals surface area contributed by atoms with Crippen LogP contribution in [0.25, 0.3) is 0 Å². The molecule has 0 atom stereocenters. The van der Waals surface area contributed by atoms with Gasteiger partial charge in [0.1, 0.15) is 6.54 Å². The van der Waals surface area contributed by atoms with Gasteiger partial charge < -0.3 is 27.0 Å². The van der Waals surface area contributed by atoms with Gasteiger partial charge in [-0.2, -0.15) is 0 Å². The molecule has 1 N–H and O–H groups in total. The van der Waals surface area contributed by atoms with Gasteiger partial charge in [0.2, 0.25) is 0 Å². The van der Waals surface area contributed by atoms with E-state index < -0.39 is 4.92 Å². The van der Waals surface area contributed by atoms with Gasteiger partial charge in [-0.25, -0.2) is 4.58 Å². The fourth-order valence-corrected chi connectivity index (χ4v) is 5.06. The number of ether oxygens (including phenoxy) is 2. The number of hydrogen-bond donors (Lipinski definition) is 1. The number of aromatic hydroxyl groups is 1. The van der Waals surface area contributed by atoms with Gasteiger partial charge in [0, 0.05) is 30.0 Å². The van der Waals surface area contributed by atoms with E-state index in [4.69, 9.17) is 9.47 Å². The molecule has 204 valence electrons. The van der Waals surface area contributed by atoms with Crippen molar-refractivity contribution < 1.29 is 36.5 Å². The van der Waals surface area contributed by atoms with Crippen molar-refractivity contribution in [2.45, 2.75) is 84.1 Å². The van der Waals surface area contributed by atoms with Crippen LogP contribution >= 0.6 is 0 Å². The van der Waals surface area contributed by atoms with Gasteiger partial charge in [0.05, 0.1) is 19.1 Å². The average molecular weight is 533 g/mol. The minimum absolute atomic E-state index is 0. The van der Waals surface area contributed by atoms with Gasteiger partial charge >= 0.3 is 5.69 Å². The van der Waals surface area contributed by atoms with Crippen molar-refractivity contribution in [2.75, 3.05) is 20.8 Å². The number of methoxy groups -OCH3 is 2. The summed E-state index contributed by atoms with van der Waals surface area (Å²) < 4.78 is 13.5. The molecule has 1 heterocycles. The molecule has 3 rings (SSSR count). The Kier molecular flexibility index (Phi) is 12.7. The van der Waals surface area contributed by atoms with Crippen LogP contribution in [0.3, 0.4) is 0 Å². The number of halogens is 1. The Balaban J connectivity index is 0.00000481. The minimum atomic E-state index is -0.533. The maximum absolute atomic E-state index is 11.3. The lowest BCUT2D eigenvalue weighted by molar-refractivity contribution is -0.545. The predicted molar refractivity (Wildman–Crippen MR) is 143 cm³/mol. The van der Waals surface area contributed by atoms with Crippen LogP contribution in [-0.4, -0.2) is 41.1 Å². The van der Waals surface area contributed by atoms with Crippen molar-refractivity contribution in [3.05, 3.63) is 57.1 Å². The molecule has 0 aromatic heterocycles. The molecule has 2 aromatic carbocycles. The second-order valence-corrected chi connectivity index (χ2v) is 9.64. The fourth-order valence-electron chi connectivity index (χ4n) is 5.06. The topological polar surface area (TPSA) is 84.8 Å². The molecule has 0 aliphatic carbocycles. The van der Waals surface area contributed by atoms with Crippen molar-refractivity contribution in [3.8, 4) is 17.2 Å². The van der Waals surface area contributed by atoms with E-state index in [-0.39, 0.29) is 23.8 Å². The molecule has 0 saturated carbocycles. The number of benzene rings is 2. The number of phenols is 1. The van der Waals surface area contributed by atoms with Gasteiger partial charge in [-0.3, -0.25) is 10.1 Å². The Morgan fingerprint density at radius 3 is 2.19 bits per heavy atom. The molecule has 0 spiro atoms. The van der Waals surface area contributed by atoms with Crippen LogP contribution in [0.4, 0.5) is 5.69 Å². The molecule has 7 nitrogen and oxygen atoms in total. The van der Waals surface area contributed by atoms with Gasteiger partial charge in [0.15, 0.2) is 29.5 Å². The Labute approximate surface area is 227 Å². The van der Waals surface area contributed by atoms with Gasteiger partial charge in [-0.1, -0.05) is 58.3 Å². The average Bonchev–Trinajstić information content (AvgIpc) is 2.88. The van der Waals surface area contributed by atoms with Crippen LogP contribution in [0.1, 0.15) is 87.8 Å². The molecule has 8 heteroatoms. The van der Waals surface area contributed by atoms with E-state index >= 15 is 0 Å². The molecule has 2 aromatic rings. The summed E-state index contributed by atoms with van der Waals surface area (Å²) in [6.45, 7) is 3.63. The Morgan fingerprint density at radius 1 is 0.946 bits per heavy atom. The summed E-state index contributed by atoms with van der Waals surface area (Å²) in [6.07, 6.45) is 13.3. The van der Waals surface area contributed by atoms with Crippen LogP contribution in [-0.2, 0) is 13.0 Å². The summed E-state index contributed by atoms with van der Waals surface area (Å²) in [4.78, 5) is 10.8. The Hall–Kier alpha value is -2.80. The monoisotopic (exact) mass is 532 g/mol. The molecule has 0 radical (unpaired) electrons. The third kappa shape index (κ3) is 8.35. The molecule has 0 unspecified atom stereocenters. The summed E-state index contributed by atoms with van der Waals surface area (Å²) in [7, 11) is 3.31. The number of nitro benzene ring substituents is 1. The lowest BCUT2D eigenvalue weighted by atomic mass is 9.92. The molecular formula is C29H41ClN2O5. The van der Waals surface area contributed by atoms with E-state index in [1.54, 1.807) is 20.3 Å². The second-order valence-electron chi connectivity index (χ2n) is 9.64. The highest BCUT2D eigenvalue weighted by atomic mass is 35.5. The number of hydrogen-bond acceptors (Lipinski definition) is 5. The zero-order valence-electron chi connectivity index (χ0n) is 22.4.